The molecule has 0 N–H and O–H groups in total. The summed E-state index contributed by atoms with van der Waals surface area (Å²) in [6.45, 7) is 0. The fraction of sp³-hybridized carbons (Fsp3) is 0.429. The Morgan fingerprint density at radius 3 is 1.64 bits per heavy atom. The van der Waals surface area contributed by atoms with Crippen LogP contribution in [-0.4, -0.2) is 12.6 Å². The molecule has 2 aromatic carbocycles. The first-order valence-electron chi connectivity index (χ1n) is 9.14. The summed E-state index contributed by atoms with van der Waals surface area (Å²) in [5.74, 6) is -0.203. The second-order valence-electron chi connectivity index (χ2n) is 7.89. The summed E-state index contributed by atoms with van der Waals surface area (Å²) >= 11 is 0. The van der Waals surface area contributed by atoms with Gasteiger partial charge in [-0.2, -0.15) is 0 Å². The molecule has 4 heteroatoms. The van der Waals surface area contributed by atoms with Crippen LogP contribution in [0.4, 0.5) is 0 Å². The molecule has 0 amide bonds. The summed E-state index contributed by atoms with van der Waals surface area (Å²) in [7, 11) is 0. The van der Waals surface area contributed by atoms with E-state index in [0.717, 1.165) is 17.5 Å². The molecule has 1 aliphatic carbocycles. The van der Waals surface area contributed by atoms with Gasteiger partial charge in [-0.25, -0.2) is 0 Å². The predicted octanol–water partition coefficient (Wildman–Crippen LogP) is 3.33. The molecule has 2 bridgehead atoms. The molecule has 25 heavy (non-hydrogen) atoms. The van der Waals surface area contributed by atoms with Gasteiger partial charge in [0, 0.05) is 34.8 Å². The third-order valence-electron chi connectivity index (χ3n) is 6.94. The second-order valence-corrected chi connectivity index (χ2v) is 7.89. The van der Waals surface area contributed by atoms with E-state index in [0.29, 0.717) is 11.8 Å². The summed E-state index contributed by atoms with van der Waals surface area (Å²) in [4.78, 5) is 0. The third kappa shape index (κ3) is 1.35. The molecule has 0 radical (unpaired) electrons. The van der Waals surface area contributed by atoms with E-state index in [1.165, 1.54) is 0 Å². The first-order chi connectivity index (χ1) is 12.3. The van der Waals surface area contributed by atoms with Crippen molar-refractivity contribution in [3.63, 3.8) is 0 Å². The molecular weight excluding hydrogens is 316 g/mol. The molecule has 126 valence electrons. The summed E-state index contributed by atoms with van der Waals surface area (Å²) in [6, 6.07) is 20.7. The molecule has 5 fully saturated rings. The lowest BCUT2D eigenvalue weighted by Crippen LogP contribution is -2.43. The van der Waals surface area contributed by atoms with Crippen LogP contribution in [0.5, 0.6) is 0 Å². The van der Waals surface area contributed by atoms with Crippen LogP contribution in [-0.2, 0) is 30.5 Å². The van der Waals surface area contributed by atoms with Crippen molar-refractivity contribution in [2.24, 2.45) is 23.7 Å². The van der Waals surface area contributed by atoms with Crippen LogP contribution >= 0.6 is 0 Å². The zero-order valence-corrected chi connectivity index (χ0v) is 13.6. The van der Waals surface area contributed by atoms with Crippen molar-refractivity contribution in [3.05, 3.63) is 71.8 Å². The Morgan fingerprint density at radius 2 is 1.16 bits per heavy atom. The molecule has 1 saturated carbocycles. The van der Waals surface area contributed by atoms with Gasteiger partial charge in [-0.05, 0) is 6.42 Å². The van der Waals surface area contributed by atoms with Gasteiger partial charge in [-0.1, -0.05) is 60.7 Å². The van der Waals surface area contributed by atoms with Gasteiger partial charge in [0.25, 0.3) is 0 Å². The van der Waals surface area contributed by atoms with E-state index in [4.69, 9.17) is 18.9 Å². The molecule has 8 atom stereocenters. The quantitative estimate of drug-likeness (QED) is 0.844. The van der Waals surface area contributed by atoms with E-state index in [9.17, 15) is 0 Å². The van der Waals surface area contributed by atoms with E-state index < -0.39 is 11.6 Å². The lowest BCUT2D eigenvalue weighted by Gasteiger charge is -2.39. The largest absolute Gasteiger partial charge is 0.323 e. The fourth-order valence-corrected chi connectivity index (χ4v) is 6.19. The van der Waals surface area contributed by atoms with Crippen LogP contribution in [0, 0.1) is 23.7 Å². The molecule has 2 aromatic rings. The smallest absolute Gasteiger partial charge is 0.204 e. The van der Waals surface area contributed by atoms with Crippen molar-refractivity contribution >= 4 is 0 Å². The predicted molar refractivity (Wildman–Crippen MR) is 86.7 cm³/mol. The number of ether oxygens (including phenoxy) is 4. The molecule has 4 saturated heterocycles. The van der Waals surface area contributed by atoms with Crippen LogP contribution in [0.1, 0.15) is 17.5 Å². The van der Waals surface area contributed by atoms with Crippen molar-refractivity contribution in [3.8, 4) is 0 Å². The van der Waals surface area contributed by atoms with Crippen LogP contribution in [0.15, 0.2) is 60.7 Å². The van der Waals surface area contributed by atoms with Gasteiger partial charge in [0.05, 0.1) is 0 Å². The van der Waals surface area contributed by atoms with E-state index >= 15 is 0 Å². The minimum absolute atomic E-state index is 0.217. The maximum atomic E-state index is 6.83. The number of hydrogen-bond donors (Lipinski definition) is 0. The van der Waals surface area contributed by atoms with Crippen LogP contribution in [0.3, 0.4) is 0 Å². The highest BCUT2D eigenvalue weighted by atomic mass is 16.9. The van der Waals surface area contributed by atoms with Crippen molar-refractivity contribution < 1.29 is 18.9 Å². The second kappa shape index (κ2) is 4.15. The molecule has 0 spiro atoms. The average Bonchev–Trinajstić information content (AvgIpc) is 3.33. The maximum absolute atomic E-state index is 6.83. The Morgan fingerprint density at radius 1 is 0.680 bits per heavy atom. The Bertz CT molecular complexity index is 785. The highest BCUT2D eigenvalue weighted by molar-refractivity contribution is 5.34. The van der Waals surface area contributed by atoms with Gasteiger partial charge in [-0.15, -0.1) is 0 Å². The molecule has 4 aliphatic heterocycles. The first-order valence-corrected chi connectivity index (χ1v) is 9.14. The van der Waals surface area contributed by atoms with Gasteiger partial charge >= 0.3 is 0 Å². The maximum Gasteiger partial charge on any atom is 0.204 e. The van der Waals surface area contributed by atoms with Crippen LogP contribution < -0.4 is 0 Å². The minimum atomic E-state index is -0.767. The van der Waals surface area contributed by atoms with Crippen molar-refractivity contribution in [2.75, 3.05) is 0 Å². The van der Waals surface area contributed by atoms with Gasteiger partial charge in [0.1, 0.15) is 0 Å². The Hall–Kier alpha value is -1.72. The summed E-state index contributed by atoms with van der Waals surface area (Å²) in [6.07, 6.45) is 0.674. The number of hydrogen-bond acceptors (Lipinski definition) is 4. The first kappa shape index (κ1) is 13.5. The average molecular weight is 334 g/mol. The molecular formula is C21H18O4. The van der Waals surface area contributed by atoms with E-state index in [1.54, 1.807) is 0 Å². The Balaban J connectivity index is 1.49. The molecule has 5 aliphatic rings. The summed E-state index contributed by atoms with van der Waals surface area (Å²) < 4.78 is 26.1. The molecule has 0 aromatic heterocycles. The standard InChI is InChI=1S/C21H18O4/c1-3-7-12(8-4-1)20-16-14-11-15-17(16)21(25-20,13-9-5-2-6-10-13)24-19(15)22-18(14)23-20/h1-10,14-19H,11H2/t14?,15?,16?,17?,18-,19+,20+,21-. The van der Waals surface area contributed by atoms with E-state index in [-0.39, 0.29) is 24.4 Å². The highest BCUT2D eigenvalue weighted by Gasteiger charge is 2.83. The van der Waals surface area contributed by atoms with Gasteiger partial charge < -0.3 is 18.9 Å². The third-order valence-corrected chi connectivity index (χ3v) is 6.94. The van der Waals surface area contributed by atoms with Crippen LogP contribution in [0.25, 0.3) is 0 Å². The van der Waals surface area contributed by atoms with Crippen molar-refractivity contribution in [1.82, 2.24) is 0 Å². The topological polar surface area (TPSA) is 36.9 Å². The molecule has 7 rings (SSSR count). The molecule has 4 heterocycles. The van der Waals surface area contributed by atoms with Gasteiger partial charge in [0.2, 0.25) is 11.6 Å². The van der Waals surface area contributed by atoms with Crippen molar-refractivity contribution in [2.45, 2.75) is 30.6 Å². The molecule has 4 unspecified atom stereocenters. The fourth-order valence-electron chi connectivity index (χ4n) is 6.19. The zero-order valence-electron chi connectivity index (χ0n) is 13.6. The minimum Gasteiger partial charge on any atom is -0.323 e. The monoisotopic (exact) mass is 334 g/mol. The zero-order chi connectivity index (χ0) is 16.2. The summed E-state index contributed by atoms with van der Waals surface area (Å²) in [5.41, 5.74) is 2.15. The van der Waals surface area contributed by atoms with Crippen molar-refractivity contribution in [1.29, 1.82) is 0 Å². The Kier molecular flexibility index (Phi) is 2.24. The summed E-state index contributed by atoms with van der Waals surface area (Å²) in [5, 5.41) is 0. The highest BCUT2D eigenvalue weighted by Crippen LogP contribution is 2.76. The lowest BCUT2D eigenvalue weighted by atomic mass is 9.78. The van der Waals surface area contributed by atoms with Gasteiger partial charge in [-0.3, -0.25) is 0 Å². The number of benzene rings is 2. The van der Waals surface area contributed by atoms with E-state index in [1.807, 2.05) is 36.4 Å². The van der Waals surface area contributed by atoms with Crippen LogP contribution in [0.2, 0.25) is 0 Å². The SMILES string of the molecule is c1ccc([C@]23O[C@H]4O[C@H]5O[C@](c6ccccc6)(O2)C2C5CC4C23)cc1. The van der Waals surface area contributed by atoms with Gasteiger partial charge in [0.15, 0.2) is 12.6 Å². The van der Waals surface area contributed by atoms with E-state index in [2.05, 4.69) is 24.3 Å². The Labute approximate surface area is 145 Å². The lowest BCUT2D eigenvalue weighted by molar-refractivity contribution is -0.421. The molecule has 4 nitrogen and oxygen atoms in total. The number of rotatable bonds is 2. The normalized spacial score (nSPS) is 50.7.